The van der Waals surface area contributed by atoms with Crippen LogP contribution in [-0.2, 0) is 6.61 Å². The van der Waals surface area contributed by atoms with Crippen LogP contribution in [0.1, 0.15) is 36.6 Å². The van der Waals surface area contributed by atoms with Gasteiger partial charge in [-0.15, -0.1) is 0 Å². The highest BCUT2D eigenvalue weighted by molar-refractivity contribution is 5.25. The molecular formula is C16H15F2NO2. The summed E-state index contributed by atoms with van der Waals surface area (Å²) in [4.78, 5) is 11.9. The van der Waals surface area contributed by atoms with Gasteiger partial charge < -0.3 is 9.30 Å². The summed E-state index contributed by atoms with van der Waals surface area (Å²) >= 11 is 0. The van der Waals surface area contributed by atoms with Crippen molar-refractivity contribution in [2.75, 3.05) is 0 Å². The number of benzene rings is 1. The lowest BCUT2D eigenvalue weighted by atomic mass is 10.2. The third-order valence-electron chi connectivity index (χ3n) is 3.48. The molecule has 3 nitrogen and oxygen atoms in total. The van der Waals surface area contributed by atoms with Crippen molar-refractivity contribution in [3.8, 4) is 5.75 Å². The number of halogens is 2. The first kappa shape index (κ1) is 13.8. The van der Waals surface area contributed by atoms with Crippen LogP contribution in [0.25, 0.3) is 0 Å². The van der Waals surface area contributed by atoms with Gasteiger partial charge in [0.2, 0.25) is 5.43 Å². The molecule has 110 valence electrons. The second kappa shape index (κ2) is 5.68. The average Bonchev–Trinajstić information content (AvgIpc) is 3.31. The summed E-state index contributed by atoms with van der Waals surface area (Å²) in [6.07, 6.45) is 0.493. The van der Waals surface area contributed by atoms with Gasteiger partial charge in [-0.2, -0.15) is 0 Å². The Morgan fingerprint density at radius 3 is 2.57 bits per heavy atom. The molecule has 1 aromatic heterocycles. The number of aromatic nitrogens is 1. The van der Waals surface area contributed by atoms with E-state index in [1.54, 1.807) is 0 Å². The summed E-state index contributed by atoms with van der Waals surface area (Å²) in [7, 11) is 0. The monoisotopic (exact) mass is 291 g/mol. The molecule has 1 aromatic carbocycles. The molecule has 1 heterocycles. The van der Waals surface area contributed by atoms with Crippen molar-refractivity contribution in [3.05, 3.63) is 64.1 Å². The molecule has 1 aliphatic carbocycles. The lowest BCUT2D eigenvalue weighted by Gasteiger charge is -2.14. The summed E-state index contributed by atoms with van der Waals surface area (Å²) in [6, 6.07) is 10.5. The van der Waals surface area contributed by atoms with Crippen molar-refractivity contribution in [2.45, 2.75) is 31.9 Å². The number of pyridine rings is 1. The molecular weight excluding hydrogens is 276 g/mol. The van der Waals surface area contributed by atoms with Gasteiger partial charge in [0.05, 0.1) is 11.9 Å². The Hall–Kier alpha value is -2.17. The van der Waals surface area contributed by atoms with Crippen LogP contribution in [0.3, 0.4) is 0 Å². The van der Waals surface area contributed by atoms with Crippen LogP contribution >= 0.6 is 0 Å². The van der Waals surface area contributed by atoms with Gasteiger partial charge in [0.25, 0.3) is 6.43 Å². The summed E-state index contributed by atoms with van der Waals surface area (Å²) in [5.74, 6) is 0.121. The smallest absolute Gasteiger partial charge is 0.278 e. The Balaban J connectivity index is 1.85. The fraction of sp³-hybridized carbons (Fsp3) is 0.312. The van der Waals surface area contributed by atoms with Crippen LogP contribution in [0.5, 0.6) is 5.75 Å². The van der Waals surface area contributed by atoms with Gasteiger partial charge in [-0.1, -0.05) is 30.3 Å². The number of hydrogen-bond donors (Lipinski definition) is 0. The van der Waals surface area contributed by atoms with Gasteiger partial charge in [-0.25, -0.2) is 8.78 Å². The normalized spacial score (nSPS) is 14.4. The van der Waals surface area contributed by atoms with Crippen molar-refractivity contribution in [2.24, 2.45) is 0 Å². The molecule has 5 heteroatoms. The zero-order valence-corrected chi connectivity index (χ0v) is 11.3. The lowest BCUT2D eigenvalue weighted by molar-refractivity contribution is 0.139. The van der Waals surface area contributed by atoms with E-state index < -0.39 is 11.9 Å². The maximum atomic E-state index is 13.0. The molecule has 0 aliphatic heterocycles. The van der Waals surface area contributed by atoms with Crippen LogP contribution < -0.4 is 10.2 Å². The largest absolute Gasteiger partial charge is 0.483 e. The summed E-state index contributed by atoms with van der Waals surface area (Å²) < 4.78 is 32.9. The highest BCUT2D eigenvalue weighted by Gasteiger charge is 2.28. The van der Waals surface area contributed by atoms with Gasteiger partial charge in [0.1, 0.15) is 6.61 Å². The number of hydrogen-bond acceptors (Lipinski definition) is 2. The Bertz CT molecular complexity index is 678. The number of rotatable bonds is 5. The highest BCUT2D eigenvalue weighted by atomic mass is 19.3. The molecule has 0 N–H and O–H groups in total. The lowest BCUT2D eigenvalue weighted by Crippen LogP contribution is -2.15. The minimum Gasteiger partial charge on any atom is -0.483 e. The fourth-order valence-electron chi connectivity index (χ4n) is 2.23. The quantitative estimate of drug-likeness (QED) is 0.841. The van der Waals surface area contributed by atoms with E-state index in [1.807, 2.05) is 30.3 Å². The Kier molecular flexibility index (Phi) is 3.73. The molecule has 0 spiro atoms. The molecule has 3 rings (SSSR count). The Morgan fingerprint density at radius 2 is 1.95 bits per heavy atom. The van der Waals surface area contributed by atoms with E-state index in [9.17, 15) is 13.6 Å². The van der Waals surface area contributed by atoms with Crippen molar-refractivity contribution in [1.82, 2.24) is 4.57 Å². The molecule has 0 atom stereocenters. The third-order valence-corrected chi connectivity index (χ3v) is 3.48. The minimum atomic E-state index is -2.65. The minimum absolute atomic E-state index is 0.0636. The second-order valence-electron chi connectivity index (χ2n) is 5.14. The van der Waals surface area contributed by atoms with Gasteiger partial charge in [-0.05, 0) is 18.4 Å². The maximum Gasteiger partial charge on any atom is 0.278 e. The van der Waals surface area contributed by atoms with E-state index in [1.165, 1.54) is 10.8 Å². The SMILES string of the molecule is O=c1cc(C(F)F)n(C2CC2)cc1OCc1ccccc1. The van der Waals surface area contributed by atoms with E-state index in [0.717, 1.165) is 24.5 Å². The predicted octanol–water partition coefficient (Wildman–Crippen LogP) is 3.70. The van der Waals surface area contributed by atoms with E-state index >= 15 is 0 Å². The van der Waals surface area contributed by atoms with Gasteiger partial charge in [-0.3, -0.25) is 4.79 Å². The predicted molar refractivity (Wildman–Crippen MR) is 74.7 cm³/mol. The molecule has 1 saturated carbocycles. The molecule has 2 aromatic rings. The number of nitrogens with zero attached hydrogens (tertiary/aromatic N) is 1. The summed E-state index contributed by atoms with van der Waals surface area (Å²) in [5.41, 5.74) is 0.195. The number of alkyl halides is 2. The molecule has 1 aliphatic rings. The first-order valence-electron chi connectivity index (χ1n) is 6.86. The van der Waals surface area contributed by atoms with Gasteiger partial charge in [0, 0.05) is 12.1 Å². The van der Waals surface area contributed by atoms with E-state index in [2.05, 4.69) is 0 Å². The zero-order chi connectivity index (χ0) is 14.8. The standard InChI is InChI=1S/C16H15F2NO2/c17-16(18)13-8-14(20)15(9-19(13)12-6-7-12)21-10-11-4-2-1-3-5-11/h1-5,8-9,12,16H,6-7,10H2. The molecule has 0 amide bonds. The molecule has 0 bridgehead atoms. The van der Waals surface area contributed by atoms with Gasteiger partial charge in [0.15, 0.2) is 5.75 Å². The molecule has 1 fully saturated rings. The zero-order valence-electron chi connectivity index (χ0n) is 11.3. The average molecular weight is 291 g/mol. The maximum absolute atomic E-state index is 13.0. The summed E-state index contributed by atoms with van der Waals surface area (Å²) in [6.45, 7) is 0.245. The van der Waals surface area contributed by atoms with Crippen LogP contribution in [0.4, 0.5) is 8.78 Å². The van der Waals surface area contributed by atoms with Crippen LogP contribution in [0.15, 0.2) is 47.4 Å². The fourth-order valence-corrected chi connectivity index (χ4v) is 2.23. The van der Waals surface area contributed by atoms with Gasteiger partial charge >= 0.3 is 0 Å². The topological polar surface area (TPSA) is 31.2 Å². The van der Waals surface area contributed by atoms with E-state index in [-0.39, 0.29) is 24.1 Å². The van der Waals surface area contributed by atoms with Crippen LogP contribution in [-0.4, -0.2) is 4.57 Å². The van der Waals surface area contributed by atoms with Crippen molar-refractivity contribution < 1.29 is 13.5 Å². The number of ether oxygens (including phenoxy) is 1. The third kappa shape index (κ3) is 3.12. The van der Waals surface area contributed by atoms with Crippen LogP contribution in [0.2, 0.25) is 0 Å². The van der Waals surface area contributed by atoms with Crippen LogP contribution in [0, 0.1) is 0 Å². The molecule has 0 radical (unpaired) electrons. The van der Waals surface area contributed by atoms with Crippen molar-refractivity contribution in [1.29, 1.82) is 0 Å². The first-order chi connectivity index (χ1) is 10.1. The van der Waals surface area contributed by atoms with Crippen molar-refractivity contribution in [3.63, 3.8) is 0 Å². The van der Waals surface area contributed by atoms with E-state index in [4.69, 9.17) is 4.74 Å². The molecule has 0 saturated heterocycles. The summed E-state index contributed by atoms with van der Waals surface area (Å²) in [5, 5.41) is 0. The molecule has 21 heavy (non-hydrogen) atoms. The highest BCUT2D eigenvalue weighted by Crippen LogP contribution is 2.38. The first-order valence-corrected chi connectivity index (χ1v) is 6.86. The molecule has 0 unspecified atom stereocenters. The Morgan fingerprint density at radius 1 is 1.24 bits per heavy atom. The second-order valence-corrected chi connectivity index (χ2v) is 5.14. The van der Waals surface area contributed by atoms with Crippen molar-refractivity contribution >= 4 is 0 Å². The van der Waals surface area contributed by atoms with E-state index in [0.29, 0.717) is 0 Å². The Labute approximate surface area is 120 Å².